The van der Waals surface area contributed by atoms with Crippen LogP contribution in [0.4, 0.5) is 0 Å². The molecule has 6 fully saturated rings. The van der Waals surface area contributed by atoms with Crippen molar-refractivity contribution in [3.05, 3.63) is 102 Å². The summed E-state index contributed by atoms with van der Waals surface area (Å²) in [7, 11) is 1.68. The normalized spacial score (nSPS) is 29.3. The van der Waals surface area contributed by atoms with Gasteiger partial charge in [0.15, 0.2) is 0 Å². The van der Waals surface area contributed by atoms with E-state index in [0.717, 1.165) is 120 Å². The topological polar surface area (TPSA) is 146 Å². The van der Waals surface area contributed by atoms with Gasteiger partial charge in [0.1, 0.15) is 18.0 Å². The molecule has 324 valence electrons. The minimum Gasteiger partial charge on any atom is -0.497 e. The lowest BCUT2D eigenvalue weighted by atomic mass is 9.76. The molecule has 62 heavy (non-hydrogen) atoms. The van der Waals surface area contributed by atoms with Gasteiger partial charge in [0, 0.05) is 47.4 Å². The number of hydrogen-bond donors (Lipinski definition) is 3. The third kappa shape index (κ3) is 7.23. The van der Waals surface area contributed by atoms with Crippen molar-refractivity contribution in [1.29, 1.82) is 0 Å². The fraction of sp³-hybridized carbons (Fsp3) is 0.480. The average Bonchev–Trinajstić information content (AvgIpc) is 3.72. The van der Waals surface area contributed by atoms with Crippen LogP contribution in [0, 0.1) is 11.8 Å². The zero-order valence-corrected chi connectivity index (χ0v) is 36.0. The molecule has 12 nitrogen and oxygen atoms in total. The maximum absolute atomic E-state index is 11.9. The van der Waals surface area contributed by atoms with Gasteiger partial charge >= 0.3 is 0 Å². The second-order valence-corrected chi connectivity index (χ2v) is 18.2. The van der Waals surface area contributed by atoms with Crippen molar-refractivity contribution in [2.75, 3.05) is 33.3 Å². The number of ether oxygens (including phenoxy) is 3. The average molecular weight is 839 g/mol. The highest BCUT2D eigenvalue weighted by Gasteiger charge is 2.49. The fourth-order valence-electron chi connectivity index (χ4n) is 11.5. The lowest BCUT2D eigenvalue weighted by Crippen LogP contribution is -2.47. The quantitative estimate of drug-likeness (QED) is 0.111. The number of nitrogens with zero attached hydrogens (tertiary/aromatic N) is 6. The van der Waals surface area contributed by atoms with E-state index in [-0.39, 0.29) is 30.5 Å². The molecule has 0 radical (unpaired) electrons. The summed E-state index contributed by atoms with van der Waals surface area (Å²) in [5, 5.41) is 47.1. The summed E-state index contributed by atoms with van der Waals surface area (Å²) < 4.78 is 20.3. The maximum Gasteiger partial charge on any atom is 0.242 e. The molecule has 6 aromatic rings. The standard InChI is InChI=1S/C50H58N6O6/c1-4-49(58)18-24-55-22-16-32(49)27-43(55)45(35-14-20-51-41-12-10-31(30-57)26-39(35)41)61-47-37-8-6-7-9-38(37)48(54-53-47)62-46(36-15-21-52-42-13-11-34(60-3)29-40(36)42)44-28-33-17-23-56(44)25-19-50(33,59)5-2/h6-15,20-21,26,29,32-33,43-46,57-59H,4-5,16-19,22-25,27-28,30H2,1-3H3/t32?,33?,43?,44?,45-,46+,49-,50-/m1/s1. The van der Waals surface area contributed by atoms with Gasteiger partial charge in [0.2, 0.25) is 11.8 Å². The van der Waals surface area contributed by atoms with Crippen LogP contribution >= 0.6 is 0 Å². The molecule has 0 aliphatic carbocycles. The molecule has 6 aliphatic rings. The first-order valence-corrected chi connectivity index (χ1v) is 22.6. The van der Waals surface area contributed by atoms with Crippen LogP contribution in [-0.4, -0.2) is 102 Å². The second kappa shape index (κ2) is 16.6. The van der Waals surface area contributed by atoms with Crippen LogP contribution in [0.2, 0.25) is 0 Å². The van der Waals surface area contributed by atoms with Crippen molar-refractivity contribution in [3.63, 3.8) is 0 Å². The highest BCUT2D eigenvalue weighted by Crippen LogP contribution is 2.48. The number of aromatic nitrogens is 4. The Morgan fingerprint density at radius 1 is 0.661 bits per heavy atom. The summed E-state index contributed by atoms with van der Waals surface area (Å²) in [6.45, 7) is 7.39. The first-order valence-electron chi connectivity index (χ1n) is 22.6. The van der Waals surface area contributed by atoms with E-state index in [4.69, 9.17) is 34.4 Å². The summed E-state index contributed by atoms with van der Waals surface area (Å²) in [5.41, 5.74) is 2.95. The number of rotatable bonds is 12. The number of piperidine rings is 2. The molecule has 4 bridgehead atoms. The largest absolute Gasteiger partial charge is 0.497 e. The summed E-state index contributed by atoms with van der Waals surface area (Å²) in [5.74, 6) is 1.81. The highest BCUT2D eigenvalue weighted by atomic mass is 16.5. The molecule has 6 aliphatic heterocycles. The predicted octanol–water partition coefficient (Wildman–Crippen LogP) is 7.72. The minimum absolute atomic E-state index is 0.0442. The number of aliphatic hydroxyl groups excluding tert-OH is 1. The van der Waals surface area contributed by atoms with Crippen LogP contribution in [0.3, 0.4) is 0 Å². The van der Waals surface area contributed by atoms with Crippen molar-refractivity contribution in [3.8, 4) is 17.5 Å². The van der Waals surface area contributed by atoms with Gasteiger partial charge in [-0.05, 0) is 136 Å². The molecule has 3 N–H and O–H groups in total. The van der Waals surface area contributed by atoms with Gasteiger partial charge < -0.3 is 29.5 Å². The molecule has 0 saturated carbocycles. The smallest absolute Gasteiger partial charge is 0.242 e. The maximum atomic E-state index is 11.9. The molecule has 6 unspecified atom stereocenters. The third-order valence-corrected chi connectivity index (χ3v) is 15.3. The molecule has 3 aromatic carbocycles. The number of benzene rings is 3. The van der Waals surface area contributed by atoms with Gasteiger partial charge in [-0.15, -0.1) is 10.2 Å². The lowest BCUT2D eigenvalue weighted by molar-refractivity contribution is -0.0409. The third-order valence-electron chi connectivity index (χ3n) is 15.3. The molecular weight excluding hydrogens is 781 g/mol. The van der Waals surface area contributed by atoms with E-state index in [0.29, 0.717) is 24.6 Å². The monoisotopic (exact) mass is 838 g/mol. The fourth-order valence-corrected chi connectivity index (χ4v) is 11.5. The second-order valence-electron chi connectivity index (χ2n) is 18.2. The van der Waals surface area contributed by atoms with Gasteiger partial charge in [0.05, 0.1) is 58.8 Å². The number of methoxy groups -OCH3 is 1. The van der Waals surface area contributed by atoms with E-state index in [2.05, 4.69) is 23.6 Å². The molecule has 0 spiro atoms. The number of aliphatic hydroxyl groups is 3. The Morgan fingerprint density at radius 3 is 1.68 bits per heavy atom. The van der Waals surface area contributed by atoms with E-state index in [9.17, 15) is 15.3 Å². The molecular formula is C50H58N6O6. The van der Waals surface area contributed by atoms with E-state index in [1.54, 1.807) is 7.11 Å². The van der Waals surface area contributed by atoms with Crippen molar-refractivity contribution in [1.82, 2.24) is 30.0 Å². The highest BCUT2D eigenvalue weighted by molar-refractivity contribution is 5.91. The summed E-state index contributed by atoms with van der Waals surface area (Å²) in [6.07, 6.45) is 9.01. The Labute approximate surface area is 362 Å². The Balaban J connectivity index is 1.08. The molecule has 0 amide bonds. The van der Waals surface area contributed by atoms with Crippen molar-refractivity contribution >= 4 is 32.6 Å². The summed E-state index contributed by atoms with van der Waals surface area (Å²) >= 11 is 0. The van der Waals surface area contributed by atoms with Crippen molar-refractivity contribution < 1.29 is 29.5 Å². The van der Waals surface area contributed by atoms with Gasteiger partial charge in [-0.25, -0.2) is 0 Å². The number of pyridine rings is 2. The van der Waals surface area contributed by atoms with E-state index in [1.165, 1.54) is 0 Å². The molecule has 12 heteroatoms. The van der Waals surface area contributed by atoms with E-state index >= 15 is 0 Å². The van der Waals surface area contributed by atoms with Crippen LogP contribution < -0.4 is 14.2 Å². The molecule has 12 rings (SSSR count). The van der Waals surface area contributed by atoms with Gasteiger partial charge in [0.25, 0.3) is 0 Å². The number of fused-ring (bicyclic) bond motifs is 11. The molecule has 9 heterocycles. The Bertz CT molecular complexity index is 2420. The summed E-state index contributed by atoms with van der Waals surface area (Å²) in [4.78, 5) is 14.4. The van der Waals surface area contributed by atoms with E-state index in [1.807, 2.05) is 85.2 Å². The summed E-state index contributed by atoms with van der Waals surface area (Å²) in [6, 6.07) is 23.8. The van der Waals surface area contributed by atoms with Gasteiger partial charge in [-0.1, -0.05) is 32.0 Å². The predicted molar refractivity (Wildman–Crippen MR) is 238 cm³/mol. The van der Waals surface area contributed by atoms with Crippen LogP contribution in [-0.2, 0) is 6.61 Å². The van der Waals surface area contributed by atoms with Crippen LogP contribution in [0.5, 0.6) is 17.5 Å². The first-order chi connectivity index (χ1) is 30.2. The number of hydrogen-bond acceptors (Lipinski definition) is 12. The lowest BCUT2D eigenvalue weighted by Gasteiger charge is -2.43. The van der Waals surface area contributed by atoms with Gasteiger partial charge in [-0.2, -0.15) is 0 Å². The van der Waals surface area contributed by atoms with Gasteiger partial charge in [-0.3, -0.25) is 19.8 Å². The van der Waals surface area contributed by atoms with Crippen molar-refractivity contribution in [2.24, 2.45) is 11.8 Å². The van der Waals surface area contributed by atoms with Crippen LogP contribution in [0.1, 0.15) is 94.1 Å². The van der Waals surface area contributed by atoms with E-state index < -0.39 is 23.4 Å². The van der Waals surface area contributed by atoms with Crippen molar-refractivity contribution in [2.45, 2.75) is 107 Å². The minimum atomic E-state index is -0.728. The Kier molecular flexibility index (Phi) is 11.0. The SMILES string of the molecule is CC[C@@]1(O)CCN2CCC1CC2[C@H](Oc1nnc(O[C@@H](c2ccnc3ccc(OC)cc23)C2CC3CCN2CC[C@]3(O)CC)c2ccccc12)c1ccnc2ccc(CO)cc12. The van der Waals surface area contributed by atoms with Crippen LogP contribution in [0.15, 0.2) is 85.2 Å². The molecule has 6 saturated heterocycles. The van der Waals surface area contributed by atoms with Crippen LogP contribution in [0.25, 0.3) is 32.6 Å². The zero-order chi connectivity index (χ0) is 42.6. The first kappa shape index (κ1) is 41.1. The Hall–Kier alpha value is -4.98. The zero-order valence-electron chi connectivity index (χ0n) is 36.0. The molecule has 10 atom stereocenters. The Morgan fingerprint density at radius 2 is 1.18 bits per heavy atom. The molecule has 3 aromatic heterocycles.